The average molecular weight is 477 g/mol. The van der Waals surface area contributed by atoms with E-state index in [1.165, 1.54) is 32.4 Å². The van der Waals surface area contributed by atoms with Gasteiger partial charge in [-0.25, -0.2) is 16.8 Å². The second-order valence-corrected chi connectivity index (χ2v) is 12.9. The highest BCUT2D eigenvalue weighted by Gasteiger charge is 2.46. The molecule has 2 fully saturated rings. The van der Waals surface area contributed by atoms with Crippen LogP contribution in [0.2, 0.25) is 0 Å². The number of methoxy groups -OCH3 is 2. The van der Waals surface area contributed by atoms with Crippen molar-refractivity contribution in [3.63, 3.8) is 0 Å². The monoisotopic (exact) mass is 476 g/mol. The summed E-state index contributed by atoms with van der Waals surface area (Å²) in [5, 5.41) is 2.18. The SMILES string of the molecule is COc1ccc(S(=O)(=O)[C@H]2CS(=O)(=O)C[C@@H]2NCC(C)(C)N2CCOCC2)cc1OC. The largest absolute Gasteiger partial charge is 0.493 e. The zero-order valence-electron chi connectivity index (χ0n) is 18.5. The molecule has 2 aliphatic rings. The number of nitrogens with one attached hydrogen (secondary N) is 1. The Bertz CT molecular complexity index is 987. The summed E-state index contributed by atoms with van der Waals surface area (Å²) in [5.41, 5.74) is -0.270. The summed E-state index contributed by atoms with van der Waals surface area (Å²) in [4.78, 5) is 2.29. The molecule has 31 heavy (non-hydrogen) atoms. The highest BCUT2D eigenvalue weighted by Crippen LogP contribution is 2.33. The molecule has 2 heterocycles. The summed E-state index contributed by atoms with van der Waals surface area (Å²) in [6.07, 6.45) is 0. The minimum Gasteiger partial charge on any atom is -0.493 e. The molecular formula is C20H32N2O7S2. The van der Waals surface area contributed by atoms with E-state index < -0.39 is 36.7 Å². The summed E-state index contributed by atoms with van der Waals surface area (Å²) in [7, 11) is -4.52. The Labute approximate surface area is 184 Å². The van der Waals surface area contributed by atoms with Crippen LogP contribution in [0.25, 0.3) is 0 Å². The van der Waals surface area contributed by atoms with Crippen molar-refractivity contribution in [1.29, 1.82) is 0 Å². The van der Waals surface area contributed by atoms with Gasteiger partial charge in [-0.2, -0.15) is 0 Å². The van der Waals surface area contributed by atoms with Crippen LogP contribution in [-0.4, -0.2) is 97.1 Å². The fraction of sp³-hybridized carbons (Fsp3) is 0.700. The number of ether oxygens (including phenoxy) is 3. The number of hydrogen-bond acceptors (Lipinski definition) is 9. The van der Waals surface area contributed by atoms with Crippen LogP contribution in [0.3, 0.4) is 0 Å². The Kier molecular flexibility index (Phi) is 7.21. The van der Waals surface area contributed by atoms with Crippen LogP contribution in [0.15, 0.2) is 23.1 Å². The van der Waals surface area contributed by atoms with Gasteiger partial charge in [0.25, 0.3) is 0 Å². The summed E-state index contributed by atoms with van der Waals surface area (Å²) in [6.45, 7) is 7.45. The maximum Gasteiger partial charge on any atom is 0.183 e. The molecule has 0 spiro atoms. The Morgan fingerprint density at radius 3 is 2.39 bits per heavy atom. The first kappa shape index (κ1) is 24.2. The molecule has 3 rings (SSSR count). The number of morpholine rings is 1. The first-order valence-corrected chi connectivity index (χ1v) is 13.6. The quantitative estimate of drug-likeness (QED) is 0.568. The van der Waals surface area contributed by atoms with Gasteiger partial charge < -0.3 is 19.5 Å². The highest BCUT2D eigenvalue weighted by molar-refractivity contribution is 7.96. The van der Waals surface area contributed by atoms with E-state index in [1.54, 1.807) is 0 Å². The normalized spacial score (nSPS) is 24.8. The third kappa shape index (κ3) is 5.33. The molecule has 0 saturated carbocycles. The zero-order valence-corrected chi connectivity index (χ0v) is 20.1. The van der Waals surface area contributed by atoms with E-state index in [1.807, 2.05) is 0 Å². The number of hydrogen-bond donors (Lipinski definition) is 1. The Balaban J connectivity index is 1.82. The summed E-state index contributed by atoms with van der Waals surface area (Å²) < 4.78 is 67.4. The lowest BCUT2D eigenvalue weighted by Gasteiger charge is -2.41. The molecule has 11 heteroatoms. The number of nitrogens with zero attached hydrogens (tertiary/aromatic N) is 1. The van der Waals surface area contributed by atoms with Gasteiger partial charge in [0.1, 0.15) is 0 Å². The van der Waals surface area contributed by atoms with Crippen molar-refractivity contribution in [2.75, 3.05) is 58.6 Å². The molecule has 1 N–H and O–H groups in total. The van der Waals surface area contributed by atoms with Gasteiger partial charge in [0, 0.05) is 37.3 Å². The summed E-state index contributed by atoms with van der Waals surface area (Å²) >= 11 is 0. The molecule has 0 amide bonds. The van der Waals surface area contributed by atoms with Crippen molar-refractivity contribution in [2.24, 2.45) is 0 Å². The van der Waals surface area contributed by atoms with E-state index in [0.717, 1.165) is 13.1 Å². The van der Waals surface area contributed by atoms with Crippen LogP contribution in [0.1, 0.15) is 13.8 Å². The molecule has 9 nitrogen and oxygen atoms in total. The highest BCUT2D eigenvalue weighted by atomic mass is 32.2. The Morgan fingerprint density at radius 1 is 1.13 bits per heavy atom. The molecule has 176 valence electrons. The van der Waals surface area contributed by atoms with Crippen molar-refractivity contribution in [3.05, 3.63) is 18.2 Å². The van der Waals surface area contributed by atoms with Crippen LogP contribution in [0.4, 0.5) is 0 Å². The molecule has 0 aliphatic carbocycles. The summed E-state index contributed by atoms with van der Waals surface area (Å²) in [5.74, 6) is 0.0766. The molecule has 0 unspecified atom stereocenters. The lowest BCUT2D eigenvalue weighted by atomic mass is 10.0. The van der Waals surface area contributed by atoms with Crippen LogP contribution < -0.4 is 14.8 Å². The molecule has 1 aromatic carbocycles. The number of benzene rings is 1. The van der Waals surface area contributed by atoms with E-state index in [-0.39, 0.29) is 21.9 Å². The topological polar surface area (TPSA) is 111 Å². The maximum atomic E-state index is 13.4. The molecule has 1 aromatic rings. The fourth-order valence-electron chi connectivity index (χ4n) is 4.14. The Morgan fingerprint density at radius 2 is 1.77 bits per heavy atom. The maximum absolute atomic E-state index is 13.4. The average Bonchev–Trinajstić information content (AvgIpc) is 3.07. The fourth-order valence-corrected chi connectivity index (χ4v) is 8.87. The van der Waals surface area contributed by atoms with Crippen LogP contribution in [0, 0.1) is 0 Å². The molecule has 0 radical (unpaired) electrons. The van der Waals surface area contributed by atoms with Gasteiger partial charge in [-0.05, 0) is 26.0 Å². The number of sulfone groups is 2. The van der Waals surface area contributed by atoms with Crippen molar-refractivity contribution < 1.29 is 31.0 Å². The first-order chi connectivity index (χ1) is 14.5. The van der Waals surface area contributed by atoms with Crippen molar-refractivity contribution in [3.8, 4) is 11.5 Å². The molecule has 2 atom stereocenters. The number of rotatable bonds is 8. The van der Waals surface area contributed by atoms with Gasteiger partial charge in [-0.1, -0.05) is 0 Å². The van der Waals surface area contributed by atoms with Gasteiger partial charge in [0.15, 0.2) is 31.2 Å². The second kappa shape index (κ2) is 9.22. The van der Waals surface area contributed by atoms with E-state index in [9.17, 15) is 16.8 Å². The van der Waals surface area contributed by atoms with Gasteiger partial charge in [0.05, 0.1) is 49.1 Å². The van der Waals surface area contributed by atoms with Crippen LogP contribution >= 0.6 is 0 Å². The van der Waals surface area contributed by atoms with Gasteiger partial charge in [0.2, 0.25) is 0 Å². The smallest absolute Gasteiger partial charge is 0.183 e. The minimum atomic E-state index is -3.92. The van der Waals surface area contributed by atoms with Crippen molar-refractivity contribution >= 4 is 19.7 Å². The van der Waals surface area contributed by atoms with Crippen molar-refractivity contribution in [2.45, 2.75) is 35.6 Å². The predicted octanol–water partition coefficient (Wildman–Crippen LogP) is 0.344. The van der Waals surface area contributed by atoms with E-state index in [2.05, 4.69) is 24.1 Å². The molecule has 0 bridgehead atoms. The van der Waals surface area contributed by atoms with Crippen molar-refractivity contribution in [1.82, 2.24) is 10.2 Å². The van der Waals surface area contributed by atoms with Crippen LogP contribution in [0.5, 0.6) is 11.5 Å². The van der Waals surface area contributed by atoms with Gasteiger partial charge in [-0.3, -0.25) is 4.90 Å². The van der Waals surface area contributed by atoms with E-state index in [4.69, 9.17) is 14.2 Å². The zero-order chi connectivity index (χ0) is 22.9. The third-order valence-electron chi connectivity index (χ3n) is 6.05. The van der Waals surface area contributed by atoms with Gasteiger partial charge in [-0.15, -0.1) is 0 Å². The third-order valence-corrected chi connectivity index (χ3v) is 10.2. The lowest BCUT2D eigenvalue weighted by molar-refractivity contribution is -0.0101. The first-order valence-electron chi connectivity index (χ1n) is 10.2. The van der Waals surface area contributed by atoms with Crippen LogP contribution in [-0.2, 0) is 24.4 Å². The van der Waals surface area contributed by atoms with E-state index in [0.29, 0.717) is 25.5 Å². The predicted molar refractivity (Wildman–Crippen MR) is 117 cm³/mol. The molecule has 0 aromatic heterocycles. The molecule has 2 saturated heterocycles. The van der Waals surface area contributed by atoms with Gasteiger partial charge >= 0.3 is 0 Å². The van der Waals surface area contributed by atoms with E-state index >= 15 is 0 Å². The minimum absolute atomic E-state index is 0.0199. The standard InChI is InChI=1S/C20H32N2O7S2/c1-20(2,22-7-9-29-10-8-22)14-21-16-12-30(23,24)13-19(16)31(25,26)15-5-6-17(27-3)18(11-15)28-4/h5-6,11,16,19,21H,7-10,12-14H2,1-4H3/t16-,19-/m0/s1. The second-order valence-electron chi connectivity index (χ2n) is 8.58. The Hall–Kier alpha value is -1.40. The summed E-state index contributed by atoms with van der Waals surface area (Å²) in [6, 6.07) is 3.63. The lowest BCUT2D eigenvalue weighted by Crippen LogP contribution is -2.57. The molecular weight excluding hydrogens is 444 g/mol. The molecule has 2 aliphatic heterocycles.